The molecule has 0 spiro atoms. The van der Waals surface area contributed by atoms with Crippen molar-refractivity contribution in [1.82, 2.24) is 0 Å². The molecule has 7 rings (SSSR count). The van der Waals surface area contributed by atoms with Crippen molar-refractivity contribution in [3.8, 4) is 23.7 Å². The summed E-state index contributed by atoms with van der Waals surface area (Å²) in [7, 11) is 0. The third kappa shape index (κ3) is 4.18. The van der Waals surface area contributed by atoms with Gasteiger partial charge in [-0.3, -0.25) is 0 Å². The number of fused-ring (bicyclic) bond motifs is 5. The normalized spacial score (nSPS) is 10.8. The van der Waals surface area contributed by atoms with Gasteiger partial charge in [0, 0.05) is 22.3 Å². The van der Waals surface area contributed by atoms with Crippen molar-refractivity contribution in [1.29, 1.82) is 0 Å². The van der Waals surface area contributed by atoms with Gasteiger partial charge in [0.05, 0.1) is 0 Å². The highest BCUT2D eigenvalue weighted by molar-refractivity contribution is 6.11. The summed E-state index contributed by atoms with van der Waals surface area (Å²) >= 11 is 0. The summed E-state index contributed by atoms with van der Waals surface area (Å²) in [5.74, 6) is 13.7. The number of rotatable bonds is 0. The van der Waals surface area contributed by atoms with E-state index in [1.54, 1.807) is 0 Å². The molecule has 0 unspecified atom stereocenters. The van der Waals surface area contributed by atoms with Crippen molar-refractivity contribution < 1.29 is 0 Å². The molecule has 0 aliphatic carbocycles. The van der Waals surface area contributed by atoms with Gasteiger partial charge in [0.25, 0.3) is 0 Å². The van der Waals surface area contributed by atoms with Crippen LogP contribution in [0.4, 0.5) is 0 Å². The van der Waals surface area contributed by atoms with Gasteiger partial charge in [-0.05, 0) is 104 Å². The molecule has 0 atom stereocenters. The molecule has 0 bridgehead atoms. The average molecular weight is 507 g/mol. The topological polar surface area (TPSA) is 0 Å². The van der Waals surface area contributed by atoms with Gasteiger partial charge in [0.1, 0.15) is 0 Å². The molecule has 0 N–H and O–H groups in total. The van der Waals surface area contributed by atoms with E-state index in [0.29, 0.717) is 0 Å². The van der Waals surface area contributed by atoms with E-state index in [4.69, 9.17) is 0 Å². The second-order valence-electron chi connectivity index (χ2n) is 10.3. The van der Waals surface area contributed by atoms with Crippen molar-refractivity contribution in [3.05, 3.63) is 155 Å². The Kier molecular flexibility index (Phi) is 5.82. The molecule has 0 fully saturated rings. The fourth-order valence-electron chi connectivity index (χ4n) is 5.69. The van der Waals surface area contributed by atoms with E-state index >= 15 is 0 Å². The Morgan fingerprint density at radius 1 is 0.350 bits per heavy atom. The molecule has 0 aliphatic rings. The summed E-state index contributed by atoms with van der Waals surface area (Å²) in [5, 5.41) is 9.82. The molecule has 0 saturated carbocycles. The zero-order chi connectivity index (χ0) is 27.1. The first kappa shape index (κ1) is 23.8. The molecule has 7 aromatic carbocycles. The van der Waals surface area contributed by atoms with E-state index in [-0.39, 0.29) is 0 Å². The highest BCUT2D eigenvalue weighted by Gasteiger charge is 2.10. The van der Waals surface area contributed by atoms with Gasteiger partial charge in [0.15, 0.2) is 0 Å². The molecule has 40 heavy (non-hydrogen) atoms. The first-order valence-corrected chi connectivity index (χ1v) is 13.6. The van der Waals surface area contributed by atoms with Crippen LogP contribution in [0.15, 0.2) is 121 Å². The fraction of sp³-hybridized carbons (Fsp3) is 0.0500. The zero-order valence-corrected chi connectivity index (χ0v) is 22.5. The van der Waals surface area contributed by atoms with Crippen molar-refractivity contribution in [2.45, 2.75) is 13.8 Å². The van der Waals surface area contributed by atoms with E-state index in [9.17, 15) is 0 Å². The van der Waals surface area contributed by atoms with E-state index in [2.05, 4.69) is 159 Å². The Hall–Kier alpha value is -5.30. The predicted octanol–water partition coefficient (Wildman–Crippen LogP) is 9.72. The zero-order valence-electron chi connectivity index (χ0n) is 22.5. The molecule has 0 radical (unpaired) electrons. The van der Waals surface area contributed by atoms with Crippen LogP contribution in [0.5, 0.6) is 0 Å². The fourth-order valence-corrected chi connectivity index (χ4v) is 5.69. The smallest absolute Gasteiger partial charge is 0.0327 e. The minimum atomic E-state index is 1.03. The van der Waals surface area contributed by atoms with Gasteiger partial charge in [0.2, 0.25) is 0 Å². The molecular weight excluding hydrogens is 480 g/mol. The van der Waals surface area contributed by atoms with Crippen molar-refractivity contribution in [3.63, 3.8) is 0 Å². The molecule has 0 nitrogen and oxygen atoms in total. The molecule has 0 aliphatic heterocycles. The predicted molar refractivity (Wildman–Crippen MR) is 171 cm³/mol. The van der Waals surface area contributed by atoms with Crippen LogP contribution < -0.4 is 0 Å². The second kappa shape index (κ2) is 9.78. The van der Waals surface area contributed by atoms with Gasteiger partial charge >= 0.3 is 0 Å². The summed E-state index contributed by atoms with van der Waals surface area (Å²) in [5.41, 5.74) is 6.74. The van der Waals surface area contributed by atoms with Crippen LogP contribution in [0.2, 0.25) is 0 Å². The second-order valence-corrected chi connectivity index (χ2v) is 10.3. The summed E-state index contributed by atoms with van der Waals surface area (Å²) in [4.78, 5) is 0. The minimum absolute atomic E-state index is 1.03. The van der Waals surface area contributed by atoms with Crippen LogP contribution in [-0.2, 0) is 0 Å². The van der Waals surface area contributed by atoms with Gasteiger partial charge in [-0.2, -0.15) is 0 Å². The van der Waals surface area contributed by atoms with Gasteiger partial charge < -0.3 is 0 Å². The van der Waals surface area contributed by atoms with Crippen LogP contribution in [-0.4, -0.2) is 0 Å². The third-order valence-corrected chi connectivity index (χ3v) is 7.96. The highest BCUT2D eigenvalue weighted by atomic mass is 14.1. The van der Waals surface area contributed by atoms with Crippen LogP contribution in [0.1, 0.15) is 33.4 Å². The summed E-state index contributed by atoms with van der Waals surface area (Å²) in [6.45, 7) is 4.43. The van der Waals surface area contributed by atoms with Crippen molar-refractivity contribution >= 4 is 43.1 Å². The number of aryl methyl sites for hydroxylation is 2. The third-order valence-electron chi connectivity index (χ3n) is 7.96. The average Bonchev–Trinajstić information content (AvgIpc) is 3.01. The maximum atomic E-state index is 3.43. The lowest BCUT2D eigenvalue weighted by Crippen LogP contribution is -1.91. The summed E-state index contributed by atoms with van der Waals surface area (Å²) < 4.78 is 0. The molecule has 0 aromatic heterocycles. The first-order chi connectivity index (χ1) is 19.7. The lowest BCUT2D eigenvalue weighted by molar-refractivity contribution is 1.41. The standard InChI is InChI=1S/C40H26/c1-27-28(2)40-26-30(18-22-34-14-8-12-32-10-4-6-16-36(32)34)20-24-38(40)37-23-19-29(25-39(27)37)17-21-33-13-7-11-31-9-3-5-15-35(31)33/h3-16,19-20,23-26H,1-2H3. The molecule has 7 aromatic rings. The molecule has 0 heterocycles. The van der Waals surface area contributed by atoms with Gasteiger partial charge in [-0.25, -0.2) is 0 Å². The first-order valence-electron chi connectivity index (χ1n) is 13.6. The molecule has 0 amide bonds. The summed E-state index contributed by atoms with van der Waals surface area (Å²) in [6.07, 6.45) is 0. The van der Waals surface area contributed by atoms with Crippen molar-refractivity contribution in [2.24, 2.45) is 0 Å². The molecule has 186 valence electrons. The number of hydrogen-bond acceptors (Lipinski definition) is 0. The Bertz CT molecular complexity index is 2070. The quantitative estimate of drug-likeness (QED) is 0.142. The van der Waals surface area contributed by atoms with Crippen LogP contribution >= 0.6 is 0 Å². The Balaban J connectivity index is 1.29. The van der Waals surface area contributed by atoms with Crippen LogP contribution in [0, 0.1) is 37.5 Å². The number of benzene rings is 7. The highest BCUT2D eigenvalue weighted by Crippen LogP contribution is 2.33. The minimum Gasteiger partial charge on any atom is -0.0616 e. The van der Waals surface area contributed by atoms with E-state index in [1.807, 2.05) is 0 Å². The van der Waals surface area contributed by atoms with Crippen LogP contribution in [0.25, 0.3) is 43.1 Å². The largest absolute Gasteiger partial charge is 0.0616 e. The molecule has 0 heteroatoms. The maximum absolute atomic E-state index is 3.43. The SMILES string of the molecule is Cc1c(C)c2cc(C#Cc3cccc4ccccc34)ccc2c2ccc(C#Cc3cccc4ccccc34)cc12. The molecular formula is C40H26. The Morgan fingerprint density at radius 2 is 0.775 bits per heavy atom. The molecule has 0 saturated heterocycles. The van der Waals surface area contributed by atoms with E-state index in [0.717, 1.165) is 22.3 Å². The van der Waals surface area contributed by atoms with Crippen LogP contribution in [0.3, 0.4) is 0 Å². The van der Waals surface area contributed by atoms with Gasteiger partial charge in [-0.15, -0.1) is 0 Å². The Labute approximate surface area is 234 Å². The lowest BCUT2D eigenvalue weighted by Gasteiger charge is -2.13. The lowest BCUT2D eigenvalue weighted by atomic mass is 9.91. The maximum Gasteiger partial charge on any atom is 0.0327 e. The number of hydrogen-bond donors (Lipinski definition) is 0. The summed E-state index contributed by atoms with van der Waals surface area (Å²) in [6, 6.07) is 42.6. The monoisotopic (exact) mass is 506 g/mol. The van der Waals surface area contributed by atoms with E-state index < -0.39 is 0 Å². The Morgan fingerprint density at radius 3 is 1.25 bits per heavy atom. The van der Waals surface area contributed by atoms with Gasteiger partial charge in [-0.1, -0.05) is 109 Å². The van der Waals surface area contributed by atoms with E-state index in [1.165, 1.54) is 54.2 Å². The van der Waals surface area contributed by atoms with Crippen molar-refractivity contribution in [2.75, 3.05) is 0 Å².